The molecule has 1 aliphatic rings. The summed E-state index contributed by atoms with van der Waals surface area (Å²) in [6.45, 7) is 1.66. The number of hydrogen-bond donors (Lipinski definition) is 1. The molecule has 2 aromatic rings. The van der Waals surface area contributed by atoms with Gasteiger partial charge in [0.05, 0.1) is 29.2 Å². The Morgan fingerprint density at radius 2 is 1.96 bits per heavy atom. The second-order valence-electron chi connectivity index (χ2n) is 6.74. The summed E-state index contributed by atoms with van der Waals surface area (Å²) >= 11 is 0. The fourth-order valence-corrected chi connectivity index (χ4v) is 6.56. The van der Waals surface area contributed by atoms with Gasteiger partial charge in [-0.3, -0.25) is 4.79 Å². The Morgan fingerprint density at radius 1 is 1.25 bits per heavy atom. The molecule has 2 heterocycles. The molecule has 1 amide bonds. The molecule has 0 spiro atoms. The number of sulfone groups is 1. The average Bonchev–Trinajstić information content (AvgIpc) is 3.27. The fourth-order valence-electron chi connectivity index (χ4n) is 3.11. The Bertz CT molecular complexity index is 1030. The molecule has 0 unspecified atom stereocenters. The van der Waals surface area contributed by atoms with Crippen LogP contribution in [0.5, 0.6) is 0 Å². The highest BCUT2D eigenvalue weighted by molar-refractivity contribution is 7.92. The fraction of sp³-hybridized carbons (Fsp3) is 0.389. The van der Waals surface area contributed by atoms with Gasteiger partial charge in [0, 0.05) is 19.5 Å². The van der Waals surface area contributed by atoms with Crippen molar-refractivity contribution in [2.45, 2.75) is 37.4 Å². The van der Waals surface area contributed by atoms with E-state index >= 15 is 0 Å². The number of carbonyl (C=O) groups excluding carboxylic acids is 1. The van der Waals surface area contributed by atoms with Crippen LogP contribution in [0.1, 0.15) is 24.7 Å². The quantitative estimate of drug-likeness (QED) is 0.714. The Morgan fingerprint density at radius 3 is 2.50 bits per heavy atom. The van der Waals surface area contributed by atoms with E-state index < -0.39 is 25.9 Å². The van der Waals surface area contributed by atoms with E-state index in [1.807, 2.05) is 0 Å². The van der Waals surface area contributed by atoms with Crippen molar-refractivity contribution in [1.82, 2.24) is 9.62 Å². The van der Waals surface area contributed by atoms with Crippen LogP contribution in [0, 0.1) is 0 Å². The first-order chi connectivity index (χ1) is 13.2. The zero-order chi connectivity index (χ0) is 20.4. The zero-order valence-corrected chi connectivity index (χ0v) is 17.0. The maximum Gasteiger partial charge on any atom is 0.243 e. The van der Waals surface area contributed by atoms with Crippen molar-refractivity contribution >= 4 is 25.8 Å². The van der Waals surface area contributed by atoms with E-state index in [0.717, 1.165) is 5.56 Å². The molecule has 1 saturated heterocycles. The Balaban J connectivity index is 1.88. The third-order valence-electron chi connectivity index (χ3n) is 4.58. The second-order valence-corrected chi connectivity index (χ2v) is 10.9. The molecule has 1 atom stereocenters. The van der Waals surface area contributed by atoms with Gasteiger partial charge in [0.2, 0.25) is 15.9 Å². The summed E-state index contributed by atoms with van der Waals surface area (Å²) in [5.74, 6) is 0.0318. The van der Waals surface area contributed by atoms with E-state index in [9.17, 15) is 21.6 Å². The second kappa shape index (κ2) is 8.06. The maximum absolute atomic E-state index is 13.3. The van der Waals surface area contributed by atoms with Gasteiger partial charge in [-0.2, -0.15) is 4.31 Å². The summed E-state index contributed by atoms with van der Waals surface area (Å²) in [5.41, 5.74) is 0.759. The number of nitrogens with zero attached hydrogens (tertiary/aromatic N) is 1. The molecule has 0 saturated carbocycles. The molecule has 1 aromatic heterocycles. The SMILES string of the molecule is CC(=O)NCc1ccc(S(=O)(=O)N(Cc2ccco2)[C@@H]2CCS(=O)(=O)C2)cc1. The summed E-state index contributed by atoms with van der Waals surface area (Å²) in [6, 6.07) is 8.85. The lowest BCUT2D eigenvalue weighted by atomic mass is 10.2. The monoisotopic (exact) mass is 426 g/mol. The number of amides is 1. The summed E-state index contributed by atoms with van der Waals surface area (Å²) in [4.78, 5) is 11.1. The number of hydrogen-bond acceptors (Lipinski definition) is 6. The molecule has 0 radical (unpaired) electrons. The van der Waals surface area contributed by atoms with Crippen LogP contribution in [0.15, 0.2) is 52.0 Å². The minimum atomic E-state index is -3.94. The predicted molar refractivity (Wildman–Crippen MR) is 102 cm³/mol. The van der Waals surface area contributed by atoms with Gasteiger partial charge in [-0.05, 0) is 36.2 Å². The van der Waals surface area contributed by atoms with Crippen molar-refractivity contribution in [3.05, 3.63) is 54.0 Å². The van der Waals surface area contributed by atoms with E-state index in [2.05, 4.69) is 5.32 Å². The number of carbonyl (C=O) groups is 1. The van der Waals surface area contributed by atoms with E-state index in [-0.39, 0.29) is 35.3 Å². The third kappa shape index (κ3) is 4.81. The number of furan rings is 1. The molecule has 1 N–H and O–H groups in total. The van der Waals surface area contributed by atoms with Crippen LogP contribution in [0.25, 0.3) is 0 Å². The highest BCUT2D eigenvalue weighted by Gasteiger charge is 2.39. The summed E-state index contributed by atoms with van der Waals surface area (Å²) in [5, 5.41) is 2.65. The van der Waals surface area contributed by atoms with E-state index in [1.165, 1.54) is 29.6 Å². The van der Waals surface area contributed by atoms with Crippen molar-refractivity contribution in [2.24, 2.45) is 0 Å². The van der Waals surface area contributed by atoms with Crippen molar-refractivity contribution in [3.63, 3.8) is 0 Å². The van der Waals surface area contributed by atoms with Crippen LogP contribution >= 0.6 is 0 Å². The van der Waals surface area contributed by atoms with Crippen LogP contribution in [0.4, 0.5) is 0 Å². The van der Waals surface area contributed by atoms with Crippen LogP contribution in [-0.4, -0.2) is 44.6 Å². The number of sulfonamides is 1. The largest absolute Gasteiger partial charge is 0.468 e. The van der Waals surface area contributed by atoms with Gasteiger partial charge in [-0.25, -0.2) is 16.8 Å². The Labute approximate surface area is 164 Å². The van der Waals surface area contributed by atoms with Crippen molar-refractivity contribution in [2.75, 3.05) is 11.5 Å². The van der Waals surface area contributed by atoms with Crippen molar-refractivity contribution < 1.29 is 26.0 Å². The number of benzene rings is 1. The van der Waals surface area contributed by atoms with E-state index in [4.69, 9.17) is 4.42 Å². The van der Waals surface area contributed by atoms with Gasteiger partial charge in [0.1, 0.15) is 5.76 Å². The first-order valence-electron chi connectivity index (χ1n) is 8.75. The summed E-state index contributed by atoms with van der Waals surface area (Å²) in [6.07, 6.45) is 1.70. The Hall–Kier alpha value is -2.17. The van der Waals surface area contributed by atoms with E-state index in [0.29, 0.717) is 12.3 Å². The van der Waals surface area contributed by atoms with Gasteiger partial charge < -0.3 is 9.73 Å². The number of rotatable bonds is 7. The molecular formula is C18H22N2O6S2. The molecule has 1 fully saturated rings. The number of nitrogens with one attached hydrogen (secondary N) is 1. The zero-order valence-electron chi connectivity index (χ0n) is 15.4. The molecule has 152 valence electrons. The van der Waals surface area contributed by atoms with Crippen LogP contribution in [0.2, 0.25) is 0 Å². The smallest absolute Gasteiger partial charge is 0.243 e. The molecule has 8 nitrogen and oxygen atoms in total. The molecule has 1 aliphatic heterocycles. The molecule has 1 aromatic carbocycles. The standard InChI is InChI=1S/C18H22N2O6S2/c1-14(21)19-11-15-4-6-18(7-5-15)28(24,25)20(12-17-3-2-9-26-17)16-8-10-27(22,23)13-16/h2-7,9,16H,8,10-13H2,1H3,(H,19,21)/t16-/m1/s1. The lowest BCUT2D eigenvalue weighted by molar-refractivity contribution is -0.119. The van der Waals surface area contributed by atoms with Gasteiger partial charge in [0.25, 0.3) is 0 Å². The molecule has 0 bridgehead atoms. The van der Waals surface area contributed by atoms with Gasteiger partial charge in [-0.15, -0.1) is 0 Å². The van der Waals surface area contributed by atoms with Crippen molar-refractivity contribution in [3.8, 4) is 0 Å². The minimum absolute atomic E-state index is 0.0303. The van der Waals surface area contributed by atoms with Gasteiger partial charge in [0.15, 0.2) is 9.84 Å². The molecule has 28 heavy (non-hydrogen) atoms. The maximum atomic E-state index is 13.3. The van der Waals surface area contributed by atoms with Crippen LogP contribution in [0.3, 0.4) is 0 Å². The third-order valence-corrected chi connectivity index (χ3v) is 8.24. The van der Waals surface area contributed by atoms with Gasteiger partial charge in [-0.1, -0.05) is 12.1 Å². The van der Waals surface area contributed by atoms with Gasteiger partial charge >= 0.3 is 0 Å². The Kier molecular flexibility index (Phi) is 5.92. The molecule has 0 aliphatic carbocycles. The summed E-state index contributed by atoms with van der Waals surface area (Å²) in [7, 11) is -7.20. The lowest BCUT2D eigenvalue weighted by Crippen LogP contribution is -2.40. The highest BCUT2D eigenvalue weighted by atomic mass is 32.2. The first kappa shape index (κ1) is 20.6. The topological polar surface area (TPSA) is 114 Å². The van der Waals surface area contributed by atoms with Crippen LogP contribution < -0.4 is 5.32 Å². The average molecular weight is 427 g/mol. The predicted octanol–water partition coefficient (Wildman–Crippen LogP) is 1.29. The molecule has 10 heteroatoms. The molecule has 3 rings (SSSR count). The summed E-state index contributed by atoms with van der Waals surface area (Å²) < 4.78 is 56.8. The normalized spacial score (nSPS) is 19.0. The highest BCUT2D eigenvalue weighted by Crippen LogP contribution is 2.27. The van der Waals surface area contributed by atoms with E-state index in [1.54, 1.807) is 24.3 Å². The van der Waals surface area contributed by atoms with Crippen LogP contribution in [-0.2, 0) is 37.7 Å². The minimum Gasteiger partial charge on any atom is -0.468 e. The molecular weight excluding hydrogens is 404 g/mol. The van der Waals surface area contributed by atoms with Crippen molar-refractivity contribution in [1.29, 1.82) is 0 Å². The lowest BCUT2D eigenvalue weighted by Gasteiger charge is -2.26. The first-order valence-corrected chi connectivity index (χ1v) is 12.0.